The number of anilines is 1. The van der Waals surface area contributed by atoms with Gasteiger partial charge in [-0.1, -0.05) is 28.9 Å². The number of aromatic nitrogens is 4. The smallest absolute Gasteiger partial charge is 0.257 e. The van der Waals surface area contributed by atoms with E-state index in [1.807, 2.05) is 26.0 Å². The standard InChI is InChI=1S/C16H16ClN5O2/c1-10(2)23-16-15(18-6-7-19-16)20-9-13-21-14(22-24-13)11-4-3-5-12(17)8-11/h3-8,10H,9H2,1-2H3,(H,18,20). The molecule has 1 aromatic carbocycles. The van der Waals surface area contributed by atoms with Gasteiger partial charge in [0.15, 0.2) is 5.82 Å². The Bertz CT molecular complexity index is 821. The minimum Gasteiger partial charge on any atom is -0.472 e. The van der Waals surface area contributed by atoms with Gasteiger partial charge >= 0.3 is 0 Å². The molecule has 0 saturated heterocycles. The van der Waals surface area contributed by atoms with Crippen LogP contribution in [0.15, 0.2) is 41.2 Å². The lowest BCUT2D eigenvalue weighted by atomic mass is 10.2. The molecule has 3 aromatic rings. The minimum absolute atomic E-state index is 0.0000798. The van der Waals surface area contributed by atoms with Gasteiger partial charge < -0.3 is 14.6 Å². The first-order valence-electron chi connectivity index (χ1n) is 7.42. The van der Waals surface area contributed by atoms with Crippen LogP contribution < -0.4 is 10.1 Å². The summed E-state index contributed by atoms with van der Waals surface area (Å²) in [7, 11) is 0. The molecule has 0 aliphatic rings. The zero-order chi connectivity index (χ0) is 16.9. The Balaban J connectivity index is 1.70. The van der Waals surface area contributed by atoms with Gasteiger partial charge in [0.2, 0.25) is 11.7 Å². The van der Waals surface area contributed by atoms with Crippen LogP contribution in [-0.4, -0.2) is 26.2 Å². The second kappa shape index (κ2) is 7.27. The molecule has 8 heteroatoms. The van der Waals surface area contributed by atoms with Gasteiger partial charge in [0, 0.05) is 23.0 Å². The molecule has 0 unspecified atom stereocenters. The van der Waals surface area contributed by atoms with E-state index in [0.29, 0.717) is 35.0 Å². The molecule has 2 aromatic heterocycles. The third-order valence-electron chi connectivity index (χ3n) is 2.97. The first kappa shape index (κ1) is 16.2. The Morgan fingerprint density at radius 2 is 2.08 bits per heavy atom. The highest BCUT2D eigenvalue weighted by Gasteiger charge is 2.12. The number of ether oxygens (including phenoxy) is 1. The third kappa shape index (κ3) is 3.99. The van der Waals surface area contributed by atoms with Gasteiger partial charge in [-0.05, 0) is 26.0 Å². The normalized spacial score (nSPS) is 10.8. The van der Waals surface area contributed by atoms with Gasteiger partial charge in [-0.3, -0.25) is 0 Å². The minimum atomic E-state index is 0.0000798. The van der Waals surface area contributed by atoms with Gasteiger partial charge in [-0.2, -0.15) is 4.98 Å². The summed E-state index contributed by atoms with van der Waals surface area (Å²) in [6.07, 6.45) is 3.16. The number of halogens is 1. The number of nitrogens with one attached hydrogen (secondary N) is 1. The van der Waals surface area contributed by atoms with E-state index in [4.69, 9.17) is 20.9 Å². The first-order chi connectivity index (χ1) is 11.6. The Hall–Kier alpha value is -2.67. The summed E-state index contributed by atoms with van der Waals surface area (Å²) < 4.78 is 10.8. The van der Waals surface area contributed by atoms with Crippen LogP contribution in [0.4, 0.5) is 5.82 Å². The van der Waals surface area contributed by atoms with Gasteiger partial charge in [0.1, 0.15) is 0 Å². The summed E-state index contributed by atoms with van der Waals surface area (Å²) in [5, 5.41) is 7.67. The quantitative estimate of drug-likeness (QED) is 0.730. The Morgan fingerprint density at radius 1 is 1.25 bits per heavy atom. The fraction of sp³-hybridized carbons (Fsp3) is 0.250. The molecule has 0 amide bonds. The molecule has 0 atom stereocenters. The zero-order valence-electron chi connectivity index (χ0n) is 13.2. The predicted octanol–water partition coefficient (Wildman–Crippen LogP) is 3.58. The second-order valence-electron chi connectivity index (χ2n) is 5.25. The highest BCUT2D eigenvalue weighted by Crippen LogP contribution is 2.22. The van der Waals surface area contributed by atoms with E-state index >= 15 is 0 Å². The van der Waals surface area contributed by atoms with Crippen LogP contribution in [0, 0.1) is 0 Å². The maximum atomic E-state index is 5.97. The van der Waals surface area contributed by atoms with E-state index in [1.165, 1.54) is 0 Å². The summed E-state index contributed by atoms with van der Waals surface area (Å²) in [6, 6.07) is 7.27. The summed E-state index contributed by atoms with van der Waals surface area (Å²) in [4.78, 5) is 12.7. The largest absolute Gasteiger partial charge is 0.472 e. The second-order valence-corrected chi connectivity index (χ2v) is 5.69. The lowest BCUT2D eigenvalue weighted by Crippen LogP contribution is -2.11. The average Bonchev–Trinajstić information content (AvgIpc) is 3.02. The first-order valence-corrected chi connectivity index (χ1v) is 7.79. The van der Waals surface area contributed by atoms with Crippen LogP contribution in [0.5, 0.6) is 5.88 Å². The van der Waals surface area contributed by atoms with Crippen molar-refractivity contribution in [2.75, 3.05) is 5.32 Å². The summed E-state index contributed by atoms with van der Waals surface area (Å²) in [6.45, 7) is 4.15. The maximum Gasteiger partial charge on any atom is 0.257 e. The van der Waals surface area contributed by atoms with Gasteiger partial charge in [-0.15, -0.1) is 0 Å². The van der Waals surface area contributed by atoms with Crippen molar-refractivity contribution in [1.82, 2.24) is 20.1 Å². The SMILES string of the molecule is CC(C)Oc1nccnc1NCc1nc(-c2cccc(Cl)c2)no1. The van der Waals surface area contributed by atoms with Crippen LogP contribution in [0.25, 0.3) is 11.4 Å². The number of hydrogen-bond acceptors (Lipinski definition) is 7. The molecule has 0 bridgehead atoms. The van der Waals surface area contributed by atoms with Crippen LogP contribution in [0.1, 0.15) is 19.7 Å². The Labute approximate surface area is 144 Å². The van der Waals surface area contributed by atoms with E-state index in [2.05, 4.69) is 25.4 Å². The topological polar surface area (TPSA) is 86.0 Å². The van der Waals surface area contributed by atoms with Crippen molar-refractivity contribution < 1.29 is 9.26 Å². The van der Waals surface area contributed by atoms with Crippen LogP contribution in [0.2, 0.25) is 5.02 Å². The zero-order valence-corrected chi connectivity index (χ0v) is 14.0. The number of hydrogen-bond donors (Lipinski definition) is 1. The molecule has 0 radical (unpaired) electrons. The van der Waals surface area contributed by atoms with Crippen molar-refractivity contribution in [3.8, 4) is 17.3 Å². The number of rotatable bonds is 6. The highest BCUT2D eigenvalue weighted by molar-refractivity contribution is 6.30. The molecule has 7 nitrogen and oxygen atoms in total. The fourth-order valence-electron chi connectivity index (χ4n) is 1.99. The molecule has 1 N–H and O–H groups in total. The van der Waals surface area contributed by atoms with Crippen molar-refractivity contribution in [2.24, 2.45) is 0 Å². The molecule has 3 rings (SSSR count). The number of benzene rings is 1. The summed E-state index contributed by atoms with van der Waals surface area (Å²) >= 11 is 5.97. The predicted molar refractivity (Wildman–Crippen MR) is 89.9 cm³/mol. The van der Waals surface area contributed by atoms with E-state index in [9.17, 15) is 0 Å². The van der Waals surface area contributed by atoms with Crippen molar-refractivity contribution in [3.63, 3.8) is 0 Å². The molecule has 0 spiro atoms. The van der Waals surface area contributed by atoms with Crippen LogP contribution in [-0.2, 0) is 6.54 Å². The van der Waals surface area contributed by atoms with Crippen molar-refractivity contribution >= 4 is 17.4 Å². The van der Waals surface area contributed by atoms with Gasteiger partial charge in [0.05, 0.1) is 12.6 Å². The molecule has 0 aliphatic heterocycles. The molecule has 0 saturated carbocycles. The fourth-order valence-corrected chi connectivity index (χ4v) is 2.18. The summed E-state index contributed by atoms with van der Waals surface area (Å²) in [5.74, 6) is 1.86. The number of nitrogens with zero attached hydrogens (tertiary/aromatic N) is 4. The van der Waals surface area contributed by atoms with Gasteiger partial charge in [0.25, 0.3) is 5.88 Å². The molecule has 0 aliphatic carbocycles. The average molecular weight is 346 g/mol. The third-order valence-corrected chi connectivity index (χ3v) is 3.21. The van der Waals surface area contributed by atoms with E-state index in [1.54, 1.807) is 24.5 Å². The summed E-state index contributed by atoms with van der Waals surface area (Å²) in [5.41, 5.74) is 0.792. The van der Waals surface area contributed by atoms with Crippen molar-refractivity contribution in [1.29, 1.82) is 0 Å². The molecule has 0 fully saturated rings. The lowest BCUT2D eigenvalue weighted by Gasteiger charge is -2.11. The molecule has 124 valence electrons. The van der Waals surface area contributed by atoms with E-state index in [-0.39, 0.29) is 6.10 Å². The molecular formula is C16H16ClN5O2. The molecular weight excluding hydrogens is 330 g/mol. The van der Waals surface area contributed by atoms with Crippen molar-refractivity contribution in [2.45, 2.75) is 26.5 Å². The van der Waals surface area contributed by atoms with Gasteiger partial charge in [-0.25, -0.2) is 9.97 Å². The molecule has 2 heterocycles. The van der Waals surface area contributed by atoms with E-state index in [0.717, 1.165) is 5.56 Å². The Morgan fingerprint density at radius 3 is 2.88 bits per heavy atom. The highest BCUT2D eigenvalue weighted by atomic mass is 35.5. The molecule has 24 heavy (non-hydrogen) atoms. The van der Waals surface area contributed by atoms with E-state index < -0.39 is 0 Å². The van der Waals surface area contributed by atoms with Crippen molar-refractivity contribution in [3.05, 3.63) is 47.6 Å². The monoisotopic (exact) mass is 345 g/mol. The lowest BCUT2D eigenvalue weighted by molar-refractivity contribution is 0.233. The Kier molecular flexibility index (Phi) is 4.90. The maximum absolute atomic E-state index is 5.97. The van der Waals surface area contributed by atoms with Crippen LogP contribution >= 0.6 is 11.6 Å². The van der Waals surface area contributed by atoms with Crippen LogP contribution in [0.3, 0.4) is 0 Å².